The van der Waals surface area contributed by atoms with E-state index >= 15 is 0 Å². The Balaban J connectivity index is 1.92. The molecule has 0 spiro atoms. The first-order valence-electron chi connectivity index (χ1n) is 4.43. The molecule has 1 aromatic heterocycles. The third-order valence-electron chi connectivity index (χ3n) is 1.69. The smallest absolute Gasteiger partial charge is 0.404 e. The third kappa shape index (κ3) is 4.84. The van der Waals surface area contributed by atoms with Crippen molar-refractivity contribution >= 4 is 17.4 Å². The summed E-state index contributed by atoms with van der Waals surface area (Å²) in [6.45, 7) is 1.87. The summed E-state index contributed by atoms with van der Waals surface area (Å²) in [7, 11) is 0. The molecule has 1 rings (SSSR count). The van der Waals surface area contributed by atoms with E-state index in [2.05, 4.69) is 26.9 Å². The predicted molar refractivity (Wildman–Crippen MR) is 56.4 cm³/mol. The average Bonchev–Trinajstić information content (AvgIpc) is 2.63. The first-order chi connectivity index (χ1) is 6.79. The van der Waals surface area contributed by atoms with Crippen LogP contribution in [0.25, 0.3) is 0 Å². The number of carbonyl (C=O) groups is 1. The Kier molecular flexibility index (Phi) is 5.03. The van der Waals surface area contributed by atoms with Crippen molar-refractivity contribution in [3.63, 3.8) is 0 Å². The second kappa shape index (κ2) is 6.39. The van der Waals surface area contributed by atoms with Crippen molar-refractivity contribution in [2.24, 2.45) is 5.73 Å². The third-order valence-corrected chi connectivity index (χ3v) is 2.43. The normalized spacial score (nSPS) is 10.0. The Morgan fingerprint density at radius 1 is 1.57 bits per heavy atom. The lowest BCUT2D eigenvalue weighted by molar-refractivity contribution is 0.157. The molecular weight excluding hydrogens is 200 g/mol. The molecule has 0 fully saturated rings. The van der Waals surface area contributed by atoms with Crippen LogP contribution in [0.15, 0.2) is 16.8 Å². The highest BCUT2D eigenvalue weighted by atomic mass is 32.1. The quantitative estimate of drug-likeness (QED) is 0.694. The number of hydrogen-bond donors (Lipinski definition) is 2. The Hall–Kier alpha value is -1.07. The van der Waals surface area contributed by atoms with Crippen LogP contribution in [0.5, 0.6) is 0 Å². The summed E-state index contributed by atoms with van der Waals surface area (Å²) < 4.78 is 4.56. The molecule has 0 aromatic carbocycles. The molecule has 0 saturated carbocycles. The molecule has 0 aliphatic rings. The van der Waals surface area contributed by atoms with E-state index < -0.39 is 6.09 Å². The van der Waals surface area contributed by atoms with Crippen molar-refractivity contribution in [1.82, 2.24) is 5.32 Å². The highest BCUT2D eigenvalue weighted by Gasteiger charge is 1.94. The molecule has 0 unspecified atom stereocenters. The second-order valence-electron chi connectivity index (χ2n) is 2.80. The zero-order chi connectivity index (χ0) is 10.2. The van der Waals surface area contributed by atoms with Gasteiger partial charge in [0.05, 0.1) is 0 Å². The summed E-state index contributed by atoms with van der Waals surface area (Å²) in [5.41, 5.74) is 6.13. The van der Waals surface area contributed by atoms with Gasteiger partial charge in [0.25, 0.3) is 0 Å². The number of carbonyl (C=O) groups excluding carboxylic acids is 1. The predicted octanol–water partition coefficient (Wildman–Crippen LogP) is 0.975. The van der Waals surface area contributed by atoms with Crippen molar-refractivity contribution in [1.29, 1.82) is 0 Å². The van der Waals surface area contributed by atoms with E-state index in [-0.39, 0.29) is 0 Å². The molecule has 0 radical (unpaired) electrons. The van der Waals surface area contributed by atoms with Gasteiger partial charge < -0.3 is 15.8 Å². The summed E-state index contributed by atoms with van der Waals surface area (Å²) in [4.78, 5) is 10.2. The van der Waals surface area contributed by atoms with Gasteiger partial charge in [0, 0.05) is 6.54 Å². The molecule has 1 aromatic rings. The van der Waals surface area contributed by atoms with E-state index in [0.717, 1.165) is 13.0 Å². The maximum Gasteiger partial charge on any atom is 0.404 e. The first-order valence-corrected chi connectivity index (χ1v) is 5.37. The lowest BCUT2D eigenvalue weighted by Gasteiger charge is -2.03. The molecular formula is C9H14N2O2S. The molecule has 0 atom stereocenters. The Morgan fingerprint density at radius 3 is 3.07 bits per heavy atom. The maximum absolute atomic E-state index is 10.2. The van der Waals surface area contributed by atoms with E-state index in [1.807, 2.05) is 0 Å². The van der Waals surface area contributed by atoms with Gasteiger partial charge in [0.15, 0.2) is 0 Å². The Morgan fingerprint density at radius 2 is 2.43 bits per heavy atom. The number of primary amides is 1. The van der Waals surface area contributed by atoms with E-state index in [1.165, 1.54) is 5.56 Å². The number of rotatable bonds is 6. The molecule has 0 aliphatic heterocycles. The van der Waals surface area contributed by atoms with Crippen molar-refractivity contribution in [2.45, 2.75) is 6.42 Å². The number of amides is 1. The summed E-state index contributed by atoms with van der Waals surface area (Å²) in [6.07, 6.45) is 0.282. The number of hydrogen-bond acceptors (Lipinski definition) is 4. The second-order valence-corrected chi connectivity index (χ2v) is 3.58. The van der Waals surface area contributed by atoms with Gasteiger partial charge in [-0.3, -0.25) is 0 Å². The Bertz CT molecular complexity index is 262. The van der Waals surface area contributed by atoms with E-state index in [9.17, 15) is 4.79 Å². The largest absolute Gasteiger partial charge is 0.448 e. The maximum atomic E-state index is 10.2. The highest BCUT2D eigenvalue weighted by molar-refractivity contribution is 7.07. The van der Waals surface area contributed by atoms with Crippen molar-refractivity contribution in [2.75, 3.05) is 19.7 Å². The van der Waals surface area contributed by atoms with Gasteiger partial charge in [-0.2, -0.15) is 11.3 Å². The number of nitrogens with one attached hydrogen (secondary N) is 1. The molecule has 78 valence electrons. The topological polar surface area (TPSA) is 64.4 Å². The van der Waals surface area contributed by atoms with Gasteiger partial charge in [-0.1, -0.05) is 0 Å². The molecule has 0 saturated heterocycles. The summed E-state index contributed by atoms with van der Waals surface area (Å²) >= 11 is 1.70. The zero-order valence-electron chi connectivity index (χ0n) is 7.86. The number of nitrogens with two attached hydrogens (primary N) is 1. The van der Waals surface area contributed by atoms with Crippen molar-refractivity contribution < 1.29 is 9.53 Å². The molecule has 3 N–H and O–H groups in total. The van der Waals surface area contributed by atoms with Crippen LogP contribution in [0, 0.1) is 0 Å². The van der Waals surface area contributed by atoms with E-state index in [1.54, 1.807) is 11.3 Å². The van der Waals surface area contributed by atoms with Crippen LogP contribution in [0.3, 0.4) is 0 Å². The zero-order valence-corrected chi connectivity index (χ0v) is 8.68. The number of thiophene rings is 1. The van der Waals surface area contributed by atoms with Crippen LogP contribution in [-0.4, -0.2) is 25.8 Å². The number of ether oxygens (including phenoxy) is 1. The van der Waals surface area contributed by atoms with Gasteiger partial charge in [0.1, 0.15) is 6.61 Å². The summed E-state index contributed by atoms with van der Waals surface area (Å²) in [6, 6.07) is 2.10. The van der Waals surface area contributed by atoms with Crippen molar-refractivity contribution in [3.8, 4) is 0 Å². The van der Waals surface area contributed by atoms with Crippen molar-refractivity contribution in [3.05, 3.63) is 22.4 Å². The van der Waals surface area contributed by atoms with Gasteiger partial charge in [-0.25, -0.2) is 4.79 Å². The van der Waals surface area contributed by atoms with Gasteiger partial charge in [-0.15, -0.1) is 0 Å². The molecule has 0 aliphatic carbocycles. The van der Waals surface area contributed by atoms with Crippen LogP contribution >= 0.6 is 11.3 Å². The minimum Gasteiger partial charge on any atom is -0.448 e. The van der Waals surface area contributed by atoms with Crippen LogP contribution in [-0.2, 0) is 11.2 Å². The van der Waals surface area contributed by atoms with E-state index in [4.69, 9.17) is 5.73 Å². The standard InChI is InChI=1S/C9H14N2O2S/c10-9(12)13-5-4-11-3-1-8-2-6-14-7-8/h2,6-7,11H,1,3-5H2,(H2,10,12). The first kappa shape index (κ1) is 11.0. The molecule has 14 heavy (non-hydrogen) atoms. The highest BCUT2D eigenvalue weighted by Crippen LogP contribution is 2.05. The molecule has 5 heteroatoms. The Labute approximate surface area is 87.1 Å². The SMILES string of the molecule is NC(=O)OCCNCCc1ccsc1. The minimum atomic E-state index is -0.718. The average molecular weight is 214 g/mol. The molecule has 4 nitrogen and oxygen atoms in total. The van der Waals surface area contributed by atoms with E-state index in [0.29, 0.717) is 13.2 Å². The molecule has 0 bridgehead atoms. The summed E-state index contributed by atoms with van der Waals surface area (Å²) in [5.74, 6) is 0. The minimum absolute atomic E-state index is 0.332. The molecule has 1 heterocycles. The van der Waals surface area contributed by atoms with Crippen LogP contribution in [0.4, 0.5) is 4.79 Å². The fourth-order valence-electron chi connectivity index (χ4n) is 1.02. The lowest BCUT2D eigenvalue weighted by atomic mass is 10.2. The lowest BCUT2D eigenvalue weighted by Crippen LogP contribution is -2.25. The fourth-order valence-corrected chi connectivity index (χ4v) is 1.72. The van der Waals surface area contributed by atoms with Crippen LogP contribution in [0.1, 0.15) is 5.56 Å². The molecule has 1 amide bonds. The van der Waals surface area contributed by atoms with Gasteiger partial charge in [-0.05, 0) is 35.4 Å². The monoisotopic (exact) mass is 214 g/mol. The summed E-state index contributed by atoms with van der Waals surface area (Å²) in [5, 5.41) is 7.34. The van der Waals surface area contributed by atoms with Gasteiger partial charge in [0.2, 0.25) is 0 Å². The van der Waals surface area contributed by atoms with Crippen LogP contribution in [0.2, 0.25) is 0 Å². The van der Waals surface area contributed by atoms with Gasteiger partial charge >= 0.3 is 6.09 Å². The van der Waals surface area contributed by atoms with Crippen LogP contribution < -0.4 is 11.1 Å². The fraction of sp³-hybridized carbons (Fsp3) is 0.444.